The van der Waals surface area contributed by atoms with Crippen LogP contribution in [-0.2, 0) is 0 Å². The number of nitrogens with zero attached hydrogens (tertiary/aromatic N) is 1. The van der Waals surface area contributed by atoms with E-state index < -0.39 is 0 Å². The zero-order valence-electron chi connectivity index (χ0n) is 8.27. The van der Waals surface area contributed by atoms with E-state index >= 15 is 0 Å². The summed E-state index contributed by atoms with van der Waals surface area (Å²) >= 11 is 0. The van der Waals surface area contributed by atoms with Crippen LogP contribution in [0.15, 0.2) is 24.4 Å². The van der Waals surface area contributed by atoms with Crippen LogP contribution in [0.5, 0.6) is 0 Å². The lowest BCUT2D eigenvalue weighted by Gasteiger charge is -2.33. The van der Waals surface area contributed by atoms with Crippen LogP contribution in [0, 0.1) is 5.92 Å². The van der Waals surface area contributed by atoms with Crippen molar-refractivity contribution in [1.82, 2.24) is 4.90 Å². The molecule has 0 bridgehead atoms. The zero-order chi connectivity index (χ0) is 9.14. The van der Waals surface area contributed by atoms with E-state index in [-0.39, 0.29) is 0 Å². The Bertz CT molecular complexity index is 163. The van der Waals surface area contributed by atoms with Crippen LogP contribution < -0.4 is 0 Å². The molecule has 1 nitrogen and oxygen atoms in total. The van der Waals surface area contributed by atoms with Crippen molar-refractivity contribution >= 4 is 0 Å². The Morgan fingerprint density at radius 2 is 1.67 bits per heavy atom. The first-order chi connectivity index (χ1) is 5.61. The molecule has 0 aromatic heterocycles. The van der Waals surface area contributed by atoms with Crippen molar-refractivity contribution in [3.63, 3.8) is 0 Å². The predicted molar refractivity (Wildman–Crippen MR) is 53.9 cm³/mol. The number of piperidine rings is 1. The number of likely N-dealkylation sites (tertiary alicyclic amines) is 1. The Kier molecular flexibility index (Phi) is 2.96. The summed E-state index contributed by atoms with van der Waals surface area (Å²) in [5, 5.41) is 0. The van der Waals surface area contributed by atoms with Gasteiger partial charge in [-0.3, -0.25) is 0 Å². The van der Waals surface area contributed by atoms with E-state index in [1.807, 2.05) is 0 Å². The summed E-state index contributed by atoms with van der Waals surface area (Å²) in [6.45, 7) is 14.5. The van der Waals surface area contributed by atoms with Gasteiger partial charge in [0.2, 0.25) is 0 Å². The molecule has 1 rings (SSSR count). The molecule has 0 aromatic carbocycles. The van der Waals surface area contributed by atoms with Gasteiger partial charge in [-0.25, -0.2) is 0 Å². The molecule has 1 aliphatic heterocycles. The highest BCUT2D eigenvalue weighted by Gasteiger charge is 2.18. The lowest BCUT2D eigenvalue weighted by atomic mass is 9.91. The summed E-state index contributed by atoms with van der Waals surface area (Å²) in [4.78, 5) is 2.36. The largest absolute Gasteiger partial charge is 0.375 e. The van der Waals surface area contributed by atoms with Gasteiger partial charge in [-0.15, -0.1) is 0 Å². The second-order valence-corrected chi connectivity index (χ2v) is 3.84. The first-order valence-electron chi connectivity index (χ1n) is 4.67. The highest BCUT2D eigenvalue weighted by atomic mass is 15.1. The van der Waals surface area contributed by atoms with Gasteiger partial charge in [0, 0.05) is 18.8 Å². The van der Waals surface area contributed by atoms with Crippen molar-refractivity contribution in [3.05, 3.63) is 24.4 Å². The van der Waals surface area contributed by atoms with Crippen molar-refractivity contribution < 1.29 is 0 Å². The third-order valence-electron chi connectivity index (χ3n) is 2.73. The lowest BCUT2D eigenvalue weighted by Crippen LogP contribution is -2.32. The van der Waals surface area contributed by atoms with E-state index in [9.17, 15) is 0 Å². The van der Waals surface area contributed by atoms with Gasteiger partial charge >= 0.3 is 0 Å². The minimum atomic E-state index is 0.751. The molecular formula is C11H19N. The van der Waals surface area contributed by atoms with Gasteiger partial charge in [-0.1, -0.05) is 18.7 Å². The smallest absolute Gasteiger partial charge is 0.0180 e. The van der Waals surface area contributed by atoms with Crippen LogP contribution in [0.1, 0.15) is 26.7 Å². The molecule has 0 aliphatic carbocycles. The second-order valence-electron chi connectivity index (χ2n) is 3.84. The fourth-order valence-electron chi connectivity index (χ4n) is 1.75. The Balaban J connectivity index is 2.39. The molecule has 12 heavy (non-hydrogen) atoms. The molecule has 1 fully saturated rings. The molecule has 0 spiro atoms. The topological polar surface area (TPSA) is 3.24 Å². The summed E-state index contributed by atoms with van der Waals surface area (Å²) in [7, 11) is 0. The molecule has 1 heterocycles. The molecule has 68 valence electrons. The van der Waals surface area contributed by atoms with Crippen molar-refractivity contribution in [1.29, 1.82) is 0 Å². The van der Waals surface area contributed by atoms with Crippen LogP contribution in [-0.4, -0.2) is 18.0 Å². The fraction of sp³-hybridized carbons (Fsp3) is 0.636. The summed E-state index contributed by atoms with van der Waals surface area (Å²) in [6.07, 6.45) is 2.50. The summed E-state index contributed by atoms with van der Waals surface area (Å²) in [5.74, 6) is 0.751. The minimum absolute atomic E-state index is 0.751. The molecule has 1 saturated heterocycles. The molecule has 0 saturated carbocycles. The number of hydrogen-bond acceptors (Lipinski definition) is 1. The number of allylic oxidation sites excluding steroid dienone is 2. The predicted octanol–water partition coefficient (Wildman–Crippen LogP) is 2.81. The standard InChI is InChI=1S/C11H19N/c1-9(2)11-5-7-12(8-6-11)10(3)4/h11H,1,3,5-8H2,2,4H3. The van der Waals surface area contributed by atoms with E-state index in [0.29, 0.717) is 0 Å². The third kappa shape index (κ3) is 2.13. The Hall–Kier alpha value is -0.720. The van der Waals surface area contributed by atoms with Crippen LogP contribution in [0.2, 0.25) is 0 Å². The van der Waals surface area contributed by atoms with Crippen molar-refractivity contribution in [2.75, 3.05) is 13.1 Å². The molecule has 0 unspecified atom stereocenters. The summed E-state index contributed by atoms with van der Waals surface area (Å²) < 4.78 is 0. The van der Waals surface area contributed by atoms with Gasteiger partial charge in [0.05, 0.1) is 0 Å². The molecule has 0 radical (unpaired) electrons. The van der Waals surface area contributed by atoms with Crippen molar-refractivity contribution in [3.8, 4) is 0 Å². The summed E-state index contributed by atoms with van der Waals surface area (Å²) in [5.41, 5.74) is 2.55. The first-order valence-corrected chi connectivity index (χ1v) is 4.67. The Labute approximate surface area is 75.8 Å². The van der Waals surface area contributed by atoms with Gasteiger partial charge in [-0.05, 0) is 32.6 Å². The first kappa shape index (κ1) is 9.37. The van der Waals surface area contributed by atoms with Crippen molar-refractivity contribution in [2.45, 2.75) is 26.7 Å². The van der Waals surface area contributed by atoms with Gasteiger partial charge in [-0.2, -0.15) is 0 Å². The van der Waals surface area contributed by atoms with E-state index in [1.165, 1.54) is 24.1 Å². The number of rotatable bonds is 2. The van der Waals surface area contributed by atoms with E-state index in [2.05, 4.69) is 31.9 Å². The Morgan fingerprint density at radius 3 is 2.00 bits per heavy atom. The van der Waals surface area contributed by atoms with Crippen LogP contribution in [0.25, 0.3) is 0 Å². The normalized spacial score (nSPS) is 19.3. The molecule has 1 heteroatoms. The second kappa shape index (κ2) is 3.79. The number of hydrogen-bond donors (Lipinski definition) is 0. The SMILES string of the molecule is C=C(C)C1CCN(C(=C)C)CC1. The molecular weight excluding hydrogens is 146 g/mol. The highest BCUT2D eigenvalue weighted by molar-refractivity contribution is 5.01. The maximum Gasteiger partial charge on any atom is 0.0180 e. The van der Waals surface area contributed by atoms with Crippen LogP contribution >= 0.6 is 0 Å². The molecule has 0 atom stereocenters. The molecule has 0 aromatic rings. The van der Waals surface area contributed by atoms with Crippen molar-refractivity contribution in [2.24, 2.45) is 5.92 Å². The van der Waals surface area contributed by atoms with Gasteiger partial charge in [0.1, 0.15) is 0 Å². The Morgan fingerprint density at radius 1 is 1.17 bits per heavy atom. The van der Waals surface area contributed by atoms with E-state index in [0.717, 1.165) is 19.0 Å². The monoisotopic (exact) mass is 165 g/mol. The average molecular weight is 165 g/mol. The van der Waals surface area contributed by atoms with Gasteiger partial charge in [0.15, 0.2) is 0 Å². The van der Waals surface area contributed by atoms with Gasteiger partial charge < -0.3 is 4.90 Å². The van der Waals surface area contributed by atoms with E-state index in [1.54, 1.807) is 0 Å². The maximum atomic E-state index is 4.01. The maximum absolute atomic E-state index is 4.01. The highest BCUT2D eigenvalue weighted by Crippen LogP contribution is 2.24. The minimum Gasteiger partial charge on any atom is -0.375 e. The third-order valence-corrected chi connectivity index (χ3v) is 2.73. The summed E-state index contributed by atoms with van der Waals surface area (Å²) in [6, 6.07) is 0. The fourth-order valence-corrected chi connectivity index (χ4v) is 1.75. The van der Waals surface area contributed by atoms with E-state index in [4.69, 9.17) is 0 Å². The van der Waals surface area contributed by atoms with Gasteiger partial charge in [0.25, 0.3) is 0 Å². The average Bonchev–Trinajstić information content (AvgIpc) is 2.04. The molecule has 0 N–H and O–H groups in total. The molecule has 1 aliphatic rings. The van der Waals surface area contributed by atoms with Crippen LogP contribution in [0.3, 0.4) is 0 Å². The van der Waals surface area contributed by atoms with Crippen LogP contribution in [0.4, 0.5) is 0 Å². The lowest BCUT2D eigenvalue weighted by molar-refractivity contribution is 0.247. The quantitative estimate of drug-likeness (QED) is 0.569. The zero-order valence-corrected chi connectivity index (χ0v) is 8.27. The molecule has 0 amide bonds.